The highest BCUT2D eigenvalue weighted by Crippen LogP contribution is 2.30. The van der Waals surface area contributed by atoms with Crippen molar-refractivity contribution in [2.45, 2.75) is 6.92 Å². The predicted octanol–water partition coefficient (Wildman–Crippen LogP) is 3.45. The van der Waals surface area contributed by atoms with E-state index >= 15 is 0 Å². The zero-order chi connectivity index (χ0) is 20.1. The van der Waals surface area contributed by atoms with Crippen LogP contribution in [0.15, 0.2) is 61.6 Å². The first-order valence-corrected chi connectivity index (χ1v) is 9.37. The van der Waals surface area contributed by atoms with Crippen LogP contribution in [-0.4, -0.2) is 44.7 Å². The molecule has 0 fully saturated rings. The maximum atomic E-state index is 4.78. The van der Waals surface area contributed by atoms with Crippen molar-refractivity contribution in [3.63, 3.8) is 0 Å². The van der Waals surface area contributed by atoms with Crippen LogP contribution in [0.4, 0.5) is 0 Å². The van der Waals surface area contributed by atoms with Crippen molar-refractivity contribution in [2.24, 2.45) is 0 Å². The number of pyridine rings is 2. The normalized spacial score (nSPS) is 11.5. The third-order valence-corrected chi connectivity index (χ3v) is 4.99. The summed E-state index contributed by atoms with van der Waals surface area (Å²) in [6, 6.07) is 7.86. The quantitative estimate of drug-likeness (QED) is 0.476. The van der Waals surface area contributed by atoms with E-state index in [2.05, 4.69) is 35.1 Å². The summed E-state index contributed by atoms with van der Waals surface area (Å²) < 4.78 is 1.99. The molecule has 0 amide bonds. The molecule has 6 heterocycles. The van der Waals surface area contributed by atoms with Crippen molar-refractivity contribution < 1.29 is 0 Å². The molecule has 0 aliphatic rings. The fraction of sp³-hybridized carbons (Fsp3) is 0.0476. The van der Waals surface area contributed by atoms with Crippen molar-refractivity contribution >= 4 is 22.1 Å². The van der Waals surface area contributed by atoms with Crippen LogP contribution in [0.5, 0.6) is 0 Å². The van der Waals surface area contributed by atoms with Crippen LogP contribution in [-0.2, 0) is 0 Å². The number of nitrogens with one attached hydrogen (secondary N) is 2. The van der Waals surface area contributed by atoms with Gasteiger partial charge in [-0.05, 0) is 31.2 Å². The van der Waals surface area contributed by atoms with Gasteiger partial charge < -0.3 is 9.55 Å². The highest BCUT2D eigenvalue weighted by molar-refractivity contribution is 5.95. The van der Waals surface area contributed by atoms with E-state index in [1.165, 1.54) is 0 Å². The molecule has 0 unspecified atom stereocenters. The molecule has 0 atom stereocenters. The van der Waals surface area contributed by atoms with E-state index in [-0.39, 0.29) is 0 Å². The lowest BCUT2D eigenvalue weighted by molar-refractivity contribution is 1.06. The Morgan fingerprint density at radius 3 is 2.77 bits per heavy atom. The fourth-order valence-electron chi connectivity index (χ4n) is 3.58. The maximum Gasteiger partial charge on any atom is 0.139 e. The number of rotatable bonds is 3. The molecular formula is C21H15N9. The van der Waals surface area contributed by atoms with Gasteiger partial charge in [-0.15, -0.1) is 0 Å². The minimum Gasteiger partial charge on any atom is -0.338 e. The molecule has 0 aliphatic carbocycles. The SMILES string of the molecule is Cc1cn(-c2ccnc3[nH]c(-c4n[nH]c5ccc(-c6cnccn6)nc45)cc23)cn1. The van der Waals surface area contributed by atoms with Gasteiger partial charge in [0.25, 0.3) is 0 Å². The Kier molecular flexibility index (Phi) is 3.48. The molecule has 0 bridgehead atoms. The highest BCUT2D eigenvalue weighted by Gasteiger charge is 2.16. The van der Waals surface area contributed by atoms with E-state index in [4.69, 9.17) is 4.98 Å². The van der Waals surface area contributed by atoms with Crippen LogP contribution in [0.3, 0.4) is 0 Å². The molecule has 144 valence electrons. The molecule has 0 saturated heterocycles. The summed E-state index contributed by atoms with van der Waals surface area (Å²) in [6.45, 7) is 1.97. The van der Waals surface area contributed by atoms with Crippen molar-refractivity contribution in [3.05, 3.63) is 67.3 Å². The number of aromatic amines is 2. The van der Waals surface area contributed by atoms with Crippen LogP contribution in [0, 0.1) is 6.92 Å². The minimum atomic E-state index is 0.711. The second-order valence-corrected chi connectivity index (χ2v) is 6.95. The minimum absolute atomic E-state index is 0.711. The Morgan fingerprint density at radius 2 is 1.93 bits per heavy atom. The predicted molar refractivity (Wildman–Crippen MR) is 112 cm³/mol. The third-order valence-electron chi connectivity index (χ3n) is 4.99. The smallest absolute Gasteiger partial charge is 0.139 e. The Morgan fingerprint density at radius 1 is 0.967 bits per heavy atom. The number of H-pyrrole nitrogens is 2. The summed E-state index contributed by atoms with van der Waals surface area (Å²) in [4.78, 5) is 25.4. The van der Waals surface area contributed by atoms with Gasteiger partial charge in [0, 0.05) is 30.2 Å². The Labute approximate surface area is 169 Å². The van der Waals surface area contributed by atoms with Gasteiger partial charge in [-0.2, -0.15) is 5.10 Å². The van der Waals surface area contributed by atoms with Crippen molar-refractivity contribution in [2.75, 3.05) is 0 Å². The summed E-state index contributed by atoms with van der Waals surface area (Å²) in [5.41, 5.74) is 7.32. The zero-order valence-electron chi connectivity index (χ0n) is 15.9. The molecule has 6 rings (SSSR count). The van der Waals surface area contributed by atoms with E-state index in [9.17, 15) is 0 Å². The number of nitrogens with zero attached hydrogens (tertiary/aromatic N) is 7. The Hall–Kier alpha value is -4.40. The van der Waals surface area contributed by atoms with Crippen molar-refractivity contribution in [3.8, 4) is 28.5 Å². The summed E-state index contributed by atoms with van der Waals surface area (Å²) in [7, 11) is 0. The topological polar surface area (TPSA) is 114 Å². The first-order valence-electron chi connectivity index (χ1n) is 9.37. The fourth-order valence-corrected chi connectivity index (χ4v) is 3.58. The second kappa shape index (κ2) is 6.31. The van der Waals surface area contributed by atoms with Crippen molar-refractivity contribution in [1.82, 2.24) is 44.7 Å². The molecule has 30 heavy (non-hydrogen) atoms. The van der Waals surface area contributed by atoms with Crippen LogP contribution < -0.4 is 0 Å². The molecule has 9 heteroatoms. The molecule has 0 aromatic carbocycles. The van der Waals surface area contributed by atoms with Gasteiger partial charge in [-0.1, -0.05) is 0 Å². The molecule has 9 nitrogen and oxygen atoms in total. The molecule has 0 radical (unpaired) electrons. The number of aryl methyl sites for hydroxylation is 1. The molecule has 6 aromatic heterocycles. The standard InChI is InChI=1S/C21H15N9/c1-12-10-30(11-25-12)18-4-5-24-21-13(18)8-16(27-21)20-19-15(28-29-20)3-2-14(26-19)17-9-22-6-7-23-17/h2-11H,1H3,(H,24,27)(H,28,29). The molecule has 0 aliphatic heterocycles. The van der Waals surface area contributed by atoms with Gasteiger partial charge in [-0.25, -0.2) is 15.0 Å². The van der Waals surface area contributed by atoms with E-state index < -0.39 is 0 Å². The number of fused-ring (bicyclic) bond motifs is 2. The lowest BCUT2D eigenvalue weighted by Crippen LogP contribution is -1.91. The first kappa shape index (κ1) is 16.5. The summed E-state index contributed by atoms with van der Waals surface area (Å²) in [6.07, 6.45) is 10.6. The van der Waals surface area contributed by atoms with E-state index in [1.807, 2.05) is 42.0 Å². The van der Waals surface area contributed by atoms with Gasteiger partial charge in [-0.3, -0.25) is 15.1 Å². The number of aromatic nitrogens is 9. The van der Waals surface area contributed by atoms with Gasteiger partial charge >= 0.3 is 0 Å². The lowest BCUT2D eigenvalue weighted by atomic mass is 10.2. The largest absolute Gasteiger partial charge is 0.338 e. The average Bonchev–Trinajstić information content (AvgIpc) is 3.51. The number of hydrogen-bond acceptors (Lipinski definition) is 6. The van der Waals surface area contributed by atoms with Gasteiger partial charge in [0.15, 0.2) is 0 Å². The van der Waals surface area contributed by atoms with Crippen molar-refractivity contribution in [1.29, 1.82) is 0 Å². The molecule has 0 spiro atoms. The highest BCUT2D eigenvalue weighted by atomic mass is 15.1. The van der Waals surface area contributed by atoms with Crippen LogP contribution >= 0.6 is 0 Å². The molecular weight excluding hydrogens is 378 g/mol. The monoisotopic (exact) mass is 393 g/mol. The first-order chi connectivity index (χ1) is 14.8. The summed E-state index contributed by atoms with van der Waals surface area (Å²) in [5.74, 6) is 0. The van der Waals surface area contributed by atoms with Gasteiger partial charge in [0.1, 0.15) is 22.6 Å². The van der Waals surface area contributed by atoms with E-state index in [0.29, 0.717) is 5.69 Å². The Bertz CT molecular complexity index is 1510. The summed E-state index contributed by atoms with van der Waals surface area (Å²) >= 11 is 0. The van der Waals surface area contributed by atoms with Crippen LogP contribution in [0.1, 0.15) is 5.69 Å². The maximum absolute atomic E-state index is 4.78. The molecule has 0 saturated carbocycles. The number of hydrogen-bond donors (Lipinski definition) is 2. The van der Waals surface area contributed by atoms with E-state index in [1.54, 1.807) is 31.1 Å². The van der Waals surface area contributed by atoms with Gasteiger partial charge in [0.2, 0.25) is 0 Å². The van der Waals surface area contributed by atoms with Crippen LogP contribution in [0.2, 0.25) is 0 Å². The third kappa shape index (κ3) is 2.56. The zero-order valence-corrected chi connectivity index (χ0v) is 15.9. The van der Waals surface area contributed by atoms with E-state index in [0.717, 1.165) is 50.5 Å². The number of imidazole rings is 1. The van der Waals surface area contributed by atoms with Crippen LogP contribution in [0.25, 0.3) is 50.5 Å². The summed E-state index contributed by atoms with van der Waals surface area (Å²) in [5, 5.41) is 8.53. The Balaban J connectivity index is 1.52. The lowest BCUT2D eigenvalue weighted by Gasteiger charge is -2.02. The average molecular weight is 393 g/mol. The molecule has 6 aromatic rings. The second-order valence-electron chi connectivity index (χ2n) is 6.95. The van der Waals surface area contributed by atoms with Gasteiger partial charge in [0.05, 0.1) is 40.8 Å². The molecule has 2 N–H and O–H groups in total.